The molecule has 1 unspecified atom stereocenters. The maximum atomic E-state index is 12.2. The highest BCUT2D eigenvalue weighted by Crippen LogP contribution is 2.29. The van der Waals surface area contributed by atoms with Gasteiger partial charge in [-0.1, -0.05) is 160 Å². The fourth-order valence-electron chi connectivity index (χ4n) is 6.71. The Balaban J connectivity index is 2.11. The third kappa shape index (κ3) is 26.9. The predicted molar refractivity (Wildman–Crippen MR) is 209 cm³/mol. The van der Waals surface area contributed by atoms with E-state index in [0.29, 0.717) is 32.1 Å². The van der Waals surface area contributed by atoms with E-state index in [1.54, 1.807) is 12.2 Å². The van der Waals surface area contributed by atoms with E-state index < -0.39 is 43.3 Å². The number of unbranched alkanes of at least 4 members (excludes halogenated alkanes) is 19. The highest BCUT2D eigenvalue weighted by molar-refractivity contribution is 5.70. The molecule has 9 heteroatoms. The second-order valence-electron chi connectivity index (χ2n) is 15.0. The highest BCUT2D eigenvalue weighted by Gasteiger charge is 2.35. The van der Waals surface area contributed by atoms with Crippen LogP contribution < -0.4 is 0 Å². The molecule has 0 aromatic carbocycles. The number of hydrogen-bond acceptors (Lipinski definition) is 9. The normalized spacial score (nSPS) is 20.4. The summed E-state index contributed by atoms with van der Waals surface area (Å²) in [5.41, 5.74) is 0. The smallest absolute Gasteiger partial charge is 0.306 e. The van der Waals surface area contributed by atoms with Crippen molar-refractivity contribution in [2.45, 2.75) is 218 Å². The topological polar surface area (TPSA) is 143 Å². The number of aliphatic hydroxyl groups is 4. The molecule has 6 atom stereocenters. The van der Waals surface area contributed by atoms with Crippen LogP contribution in [0, 0.1) is 5.92 Å². The zero-order valence-electron chi connectivity index (χ0n) is 33.1. The van der Waals surface area contributed by atoms with Crippen LogP contribution in [0.25, 0.3) is 0 Å². The standard InChI is InChI=1S/C43H78O9/c1-3-5-7-8-9-10-11-12-13-14-15-16-17-18-19-20-26-30-42(48)51-37(34-44)35-50-41(47)29-25-22-21-24-28-38-39(46)33-43(49)52-40(38)32-31-36(45)27-23-6-4-2/h21,24,31-32,36-40,43-46,49H,3-20,22-23,25-30,33-35H2,1-2H3/b24-21-,32-31+/t36-,37-,38-,39-,40+,43?/m0/s1. The Hall–Kier alpha value is -1.78. The molecule has 9 nitrogen and oxygen atoms in total. The number of hydrogen-bond donors (Lipinski definition) is 4. The van der Waals surface area contributed by atoms with Gasteiger partial charge >= 0.3 is 11.9 Å². The zero-order valence-corrected chi connectivity index (χ0v) is 33.1. The van der Waals surface area contributed by atoms with Crippen LogP contribution in [0.3, 0.4) is 0 Å². The number of ether oxygens (including phenoxy) is 3. The van der Waals surface area contributed by atoms with E-state index in [1.165, 1.54) is 89.9 Å². The average molecular weight is 739 g/mol. The predicted octanol–water partition coefficient (Wildman–Crippen LogP) is 9.17. The summed E-state index contributed by atoms with van der Waals surface area (Å²) in [4.78, 5) is 24.5. The average Bonchev–Trinajstić information content (AvgIpc) is 3.12. The zero-order chi connectivity index (χ0) is 38.1. The van der Waals surface area contributed by atoms with Gasteiger partial charge in [-0.15, -0.1) is 0 Å². The molecule has 52 heavy (non-hydrogen) atoms. The summed E-state index contributed by atoms with van der Waals surface area (Å²) in [6, 6.07) is 0. The molecule has 304 valence electrons. The lowest BCUT2D eigenvalue weighted by molar-refractivity contribution is -0.199. The molecule has 0 radical (unpaired) electrons. The Labute approximate surface area is 317 Å². The number of carbonyl (C=O) groups excluding carboxylic acids is 2. The monoisotopic (exact) mass is 739 g/mol. The van der Waals surface area contributed by atoms with Gasteiger partial charge in [-0.25, -0.2) is 0 Å². The summed E-state index contributed by atoms with van der Waals surface area (Å²) in [6.07, 6.45) is 31.5. The molecule has 0 aromatic heterocycles. The third-order valence-electron chi connectivity index (χ3n) is 10.0. The molecule has 0 spiro atoms. The van der Waals surface area contributed by atoms with Crippen molar-refractivity contribution in [3.8, 4) is 0 Å². The molecule has 0 bridgehead atoms. The lowest BCUT2D eigenvalue weighted by Gasteiger charge is -2.36. The Kier molecular flexibility index (Phi) is 31.3. The number of carbonyl (C=O) groups is 2. The van der Waals surface area contributed by atoms with Crippen molar-refractivity contribution < 1.29 is 44.2 Å². The molecule has 1 heterocycles. The van der Waals surface area contributed by atoms with Gasteiger partial charge in [0.2, 0.25) is 0 Å². The number of allylic oxidation sites excluding steroid dienone is 2. The molecular formula is C43H78O9. The van der Waals surface area contributed by atoms with Crippen molar-refractivity contribution in [1.29, 1.82) is 0 Å². The third-order valence-corrected chi connectivity index (χ3v) is 10.0. The quantitative estimate of drug-likeness (QED) is 0.0289. The van der Waals surface area contributed by atoms with E-state index in [4.69, 9.17) is 14.2 Å². The van der Waals surface area contributed by atoms with Crippen LogP contribution in [-0.2, 0) is 23.8 Å². The molecule has 0 aliphatic carbocycles. The van der Waals surface area contributed by atoms with Gasteiger partial charge in [-0.2, -0.15) is 0 Å². The summed E-state index contributed by atoms with van der Waals surface area (Å²) < 4.78 is 16.2. The van der Waals surface area contributed by atoms with E-state index >= 15 is 0 Å². The van der Waals surface area contributed by atoms with E-state index in [1.807, 2.05) is 12.2 Å². The van der Waals surface area contributed by atoms with E-state index in [2.05, 4.69) is 13.8 Å². The van der Waals surface area contributed by atoms with Gasteiger partial charge in [0.05, 0.1) is 24.9 Å². The Morgan fingerprint density at radius 1 is 0.731 bits per heavy atom. The SMILES string of the molecule is CCCCCCCCCCCCCCCCCCCC(=O)O[C@@H](CO)COC(=O)CCC/C=C\C[C@H]1[C@@H](O)CC(O)O[C@@H]1/C=C/[C@@H](O)CCCCC. The van der Waals surface area contributed by atoms with Crippen LogP contribution in [0.2, 0.25) is 0 Å². The molecule has 4 N–H and O–H groups in total. The molecule has 1 rings (SSSR count). The van der Waals surface area contributed by atoms with Gasteiger partial charge in [0.25, 0.3) is 0 Å². The molecule has 1 aliphatic rings. The van der Waals surface area contributed by atoms with Crippen LogP contribution in [0.15, 0.2) is 24.3 Å². The van der Waals surface area contributed by atoms with Gasteiger partial charge in [-0.05, 0) is 32.1 Å². The summed E-state index contributed by atoms with van der Waals surface area (Å²) >= 11 is 0. The minimum Gasteiger partial charge on any atom is -0.462 e. The second kappa shape index (κ2) is 33.8. The first-order chi connectivity index (χ1) is 25.3. The molecule has 1 aliphatic heterocycles. The molecular weight excluding hydrogens is 660 g/mol. The van der Waals surface area contributed by atoms with Crippen molar-refractivity contribution in [1.82, 2.24) is 0 Å². The number of esters is 2. The summed E-state index contributed by atoms with van der Waals surface area (Å²) in [6.45, 7) is 3.82. The Morgan fingerprint density at radius 2 is 1.27 bits per heavy atom. The summed E-state index contributed by atoms with van der Waals surface area (Å²) in [7, 11) is 0. The van der Waals surface area contributed by atoms with Crippen LogP contribution in [-0.4, -0.2) is 76.3 Å². The van der Waals surface area contributed by atoms with Gasteiger partial charge < -0.3 is 34.6 Å². The van der Waals surface area contributed by atoms with Gasteiger partial charge in [-0.3, -0.25) is 9.59 Å². The summed E-state index contributed by atoms with van der Waals surface area (Å²) in [5, 5.41) is 40.4. The lowest BCUT2D eigenvalue weighted by Crippen LogP contribution is -2.43. The molecule has 0 saturated carbocycles. The van der Waals surface area contributed by atoms with Gasteiger partial charge in [0, 0.05) is 25.2 Å². The molecule has 1 saturated heterocycles. The fourth-order valence-corrected chi connectivity index (χ4v) is 6.71. The van der Waals surface area contributed by atoms with Crippen molar-refractivity contribution in [3.63, 3.8) is 0 Å². The van der Waals surface area contributed by atoms with Crippen molar-refractivity contribution in [2.75, 3.05) is 13.2 Å². The highest BCUT2D eigenvalue weighted by atomic mass is 16.6. The maximum Gasteiger partial charge on any atom is 0.306 e. The Bertz CT molecular complexity index is 907. The van der Waals surface area contributed by atoms with E-state index in [9.17, 15) is 30.0 Å². The van der Waals surface area contributed by atoms with E-state index in [-0.39, 0.29) is 31.3 Å². The first-order valence-corrected chi connectivity index (χ1v) is 21.3. The van der Waals surface area contributed by atoms with Crippen LogP contribution >= 0.6 is 0 Å². The first-order valence-electron chi connectivity index (χ1n) is 21.3. The van der Waals surface area contributed by atoms with Crippen molar-refractivity contribution in [2.24, 2.45) is 5.92 Å². The number of rotatable bonds is 34. The van der Waals surface area contributed by atoms with Crippen LogP contribution in [0.4, 0.5) is 0 Å². The van der Waals surface area contributed by atoms with Gasteiger partial charge in [0.15, 0.2) is 12.4 Å². The largest absolute Gasteiger partial charge is 0.462 e. The van der Waals surface area contributed by atoms with Crippen LogP contribution in [0.5, 0.6) is 0 Å². The molecule has 0 amide bonds. The van der Waals surface area contributed by atoms with Crippen molar-refractivity contribution in [3.05, 3.63) is 24.3 Å². The minimum absolute atomic E-state index is 0.136. The second-order valence-corrected chi connectivity index (χ2v) is 15.0. The Morgan fingerprint density at radius 3 is 1.85 bits per heavy atom. The van der Waals surface area contributed by atoms with Crippen LogP contribution in [0.1, 0.15) is 187 Å². The fraction of sp³-hybridized carbons (Fsp3) is 0.860. The van der Waals surface area contributed by atoms with Crippen molar-refractivity contribution >= 4 is 11.9 Å². The van der Waals surface area contributed by atoms with E-state index in [0.717, 1.165) is 38.5 Å². The summed E-state index contributed by atoms with van der Waals surface area (Å²) in [5.74, 6) is -1.04. The molecule has 0 aromatic rings. The maximum absolute atomic E-state index is 12.2. The first kappa shape index (κ1) is 48.2. The number of aliphatic hydroxyl groups excluding tert-OH is 4. The van der Waals surface area contributed by atoms with Gasteiger partial charge in [0.1, 0.15) is 6.61 Å². The minimum atomic E-state index is -1.05. The molecule has 1 fully saturated rings. The lowest BCUT2D eigenvalue weighted by atomic mass is 9.87.